The molecule has 1 heterocycles. The van der Waals surface area contributed by atoms with Gasteiger partial charge in [0.2, 0.25) is 0 Å². The number of benzene rings is 2. The fraction of sp³-hybridized carbons (Fsp3) is 0.238. The van der Waals surface area contributed by atoms with E-state index in [0.29, 0.717) is 22.1 Å². The Labute approximate surface area is 172 Å². The molecule has 3 rings (SSSR count). The van der Waals surface area contributed by atoms with Crippen LogP contribution >= 0.6 is 11.6 Å². The van der Waals surface area contributed by atoms with Crippen LogP contribution in [0.1, 0.15) is 25.0 Å². The SMILES string of the molecule is COc1cc(/C=C2/NC(=O)N(Cc3ccccc3F)C2=O)cc(Cl)c1OC(C)C. The average Bonchev–Trinajstić information content (AvgIpc) is 2.92. The summed E-state index contributed by atoms with van der Waals surface area (Å²) < 4.78 is 24.9. The van der Waals surface area contributed by atoms with Gasteiger partial charge >= 0.3 is 6.03 Å². The van der Waals surface area contributed by atoms with Crippen LogP contribution in [0.4, 0.5) is 9.18 Å². The van der Waals surface area contributed by atoms with E-state index in [1.54, 1.807) is 24.3 Å². The molecule has 29 heavy (non-hydrogen) atoms. The summed E-state index contributed by atoms with van der Waals surface area (Å²) in [5.41, 5.74) is 0.846. The molecule has 0 radical (unpaired) electrons. The smallest absolute Gasteiger partial charge is 0.329 e. The molecular formula is C21H20ClFN2O4. The van der Waals surface area contributed by atoms with Gasteiger partial charge in [0, 0.05) is 5.56 Å². The highest BCUT2D eigenvalue weighted by molar-refractivity contribution is 6.32. The Balaban J connectivity index is 1.87. The van der Waals surface area contributed by atoms with Crippen LogP contribution in [-0.2, 0) is 11.3 Å². The number of rotatable bonds is 6. The van der Waals surface area contributed by atoms with Crippen LogP contribution < -0.4 is 14.8 Å². The van der Waals surface area contributed by atoms with E-state index in [9.17, 15) is 14.0 Å². The Morgan fingerprint density at radius 3 is 2.62 bits per heavy atom. The summed E-state index contributed by atoms with van der Waals surface area (Å²) in [5.74, 6) is -0.244. The van der Waals surface area contributed by atoms with Crippen molar-refractivity contribution < 1.29 is 23.5 Å². The fourth-order valence-electron chi connectivity index (χ4n) is 2.85. The van der Waals surface area contributed by atoms with Crippen molar-refractivity contribution in [2.45, 2.75) is 26.5 Å². The number of ether oxygens (including phenoxy) is 2. The Hall–Kier alpha value is -3.06. The first-order chi connectivity index (χ1) is 13.8. The molecule has 1 N–H and O–H groups in total. The van der Waals surface area contributed by atoms with Crippen LogP contribution in [-0.4, -0.2) is 30.1 Å². The summed E-state index contributed by atoms with van der Waals surface area (Å²) in [7, 11) is 1.48. The van der Waals surface area contributed by atoms with Crippen LogP contribution in [0.5, 0.6) is 11.5 Å². The van der Waals surface area contributed by atoms with Crippen LogP contribution in [0.3, 0.4) is 0 Å². The summed E-state index contributed by atoms with van der Waals surface area (Å²) in [6.07, 6.45) is 1.38. The minimum absolute atomic E-state index is 0.0574. The molecule has 1 fully saturated rings. The fourth-order valence-corrected chi connectivity index (χ4v) is 3.12. The van der Waals surface area contributed by atoms with Crippen LogP contribution in [0, 0.1) is 5.82 Å². The molecule has 1 aliphatic heterocycles. The number of carbonyl (C=O) groups excluding carboxylic acids is 2. The van der Waals surface area contributed by atoms with Crippen molar-refractivity contribution in [3.63, 3.8) is 0 Å². The predicted octanol–water partition coefficient (Wildman–Crippen LogP) is 4.37. The van der Waals surface area contributed by atoms with Gasteiger partial charge in [-0.05, 0) is 43.7 Å². The molecule has 2 aromatic rings. The highest BCUT2D eigenvalue weighted by atomic mass is 35.5. The monoisotopic (exact) mass is 418 g/mol. The minimum atomic E-state index is -0.623. The normalized spacial score (nSPS) is 15.2. The standard InChI is InChI=1S/C21H20ClFN2O4/c1-12(2)29-19-15(22)8-13(10-18(19)28-3)9-17-20(26)25(21(27)24-17)11-14-6-4-5-7-16(14)23/h4-10,12H,11H2,1-3H3,(H,24,27)/b17-9+. The maximum atomic E-state index is 13.9. The number of hydrogen-bond donors (Lipinski definition) is 1. The van der Waals surface area contributed by atoms with Crippen molar-refractivity contribution in [1.29, 1.82) is 0 Å². The summed E-state index contributed by atoms with van der Waals surface area (Å²) in [6.45, 7) is 3.56. The lowest BCUT2D eigenvalue weighted by molar-refractivity contribution is -0.123. The number of imide groups is 1. The number of nitrogens with zero attached hydrogens (tertiary/aromatic N) is 1. The number of halogens is 2. The Kier molecular flexibility index (Phi) is 6.08. The number of hydrogen-bond acceptors (Lipinski definition) is 4. The first-order valence-corrected chi connectivity index (χ1v) is 9.30. The van der Waals surface area contributed by atoms with E-state index in [-0.39, 0.29) is 23.9 Å². The molecule has 0 aromatic heterocycles. The molecule has 152 valence electrons. The van der Waals surface area contributed by atoms with E-state index in [1.165, 1.54) is 25.3 Å². The zero-order chi connectivity index (χ0) is 21.1. The van der Waals surface area contributed by atoms with Crippen LogP contribution in [0.25, 0.3) is 6.08 Å². The molecule has 1 saturated heterocycles. The molecule has 0 unspecified atom stereocenters. The Morgan fingerprint density at radius 1 is 1.24 bits per heavy atom. The molecule has 1 aliphatic rings. The maximum Gasteiger partial charge on any atom is 0.329 e. The van der Waals surface area contributed by atoms with E-state index in [4.69, 9.17) is 21.1 Å². The summed E-state index contributed by atoms with van der Waals surface area (Å²) in [6, 6.07) is 8.61. The zero-order valence-corrected chi connectivity index (χ0v) is 16.9. The predicted molar refractivity (Wildman–Crippen MR) is 107 cm³/mol. The third-order valence-electron chi connectivity index (χ3n) is 4.16. The average molecular weight is 419 g/mol. The first kappa shape index (κ1) is 20.7. The topological polar surface area (TPSA) is 67.9 Å². The number of carbonyl (C=O) groups is 2. The quantitative estimate of drug-likeness (QED) is 0.558. The van der Waals surface area contributed by atoms with Crippen molar-refractivity contribution in [3.8, 4) is 11.5 Å². The number of urea groups is 1. The third-order valence-corrected chi connectivity index (χ3v) is 4.45. The Morgan fingerprint density at radius 2 is 1.97 bits per heavy atom. The molecular weight excluding hydrogens is 399 g/mol. The van der Waals surface area contributed by atoms with Crippen molar-refractivity contribution in [3.05, 3.63) is 64.1 Å². The van der Waals surface area contributed by atoms with Gasteiger partial charge in [-0.15, -0.1) is 0 Å². The van der Waals surface area contributed by atoms with Crippen LogP contribution in [0.2, 0.25) is 5.02 Å². The molecule has 8 heteroatoms. The molecule has 2 aromatic carbocycles. The summed E-state index contributed by atoms with van der Waals surface area (Å²) in [4.78, 5) is 25.8. The Bertz CT molecular complexity index is 991. The lowest BCUT2D eigenvalue weighted by Gasteiger charge is -2.15. The number of amides is 3. The maximum absolute atomic E-state index is 13.9. The van der Waals surface area contributed by atoms with Crippen molar-refractivity contribution in [1.82, 2.24) is 10.2 Å². The largest absolute Gasteiger partial charge is 0.493 e. The lowest BCUT2D eigenvalue weighted by Crippen LogP contribution is -2.30. The first-order valence-electron chi connectivity index (χ1n) is 8.92. The number of nitrogens with one attached hydrogen (secondary N) is 1. The van der Waals surface area contributed by atoms with Crippen molar-refractivity contribution in [2.75, 3.05) is 7.11 Å². The van der Waals surface area contributed by atoms with Gasteiger partial charge in [-0.1, -0.05) is 29.8 Å². The van der Waals surface area contributed by atoms with E-state index in [2.05, 4.69) is 5.32 Å². The molecule has 0 atom stereocenters. The summed E-state index contributed by atoms with van der Waals surface area (Å²) in [5, 5.41) is 2.82. The van der Waals surface area contributed by atoms with Gasteiger partial charge < -0.3 is 14.8 Å². The van der Waals surface area contributed by atoms with E-state index >= 15 is 0 Å². The van der Waals surface area contributed by atoms with Gasteiger partial charge in [0.1, 0.15) is 11.5 Å². The summed E-state index contributed by atoms with van der Waals surface area (Å²) >= 11 is 6.30. The van der Waals surface area contributed by atoms with Crippen LogP contribution in [0.15, 0.2) is 42.1 Å². The molecule has 6 nitrogen and oxygen atoms in total. The molecule has 3 amide bonds. The van der Waals surface area contributed by atoms with Gasteiger partial charge in [-0.2, -0.15) is 0 Å². The highest BCUT2D eigenvalue weighted by Crippen LogP contribution is 2.37. The molecule has 0 bridgehead atoms. The van der Waals surface area contributed by atoms with E-state index in [1.807, 2.05) is 13.8 Å². The van der Waals surface area contributed by atoms with Crippen molar-refractivity contribution >= 4 is 29.6 Å². The zero-order valence-electron chi connectivity index (χ0n) is 16.2. The van der Waals surface area contributed by atoms with Gasteiger partial charge in [0.25, 0.3) is 5.91 Å². The van der Waals surface area contributed by atoms with Gasteiger partial charge in [-0.3, -0.25) is 9.69 Å². The van der Waals surface area contributed by atoms with Crippen molar-refractivity contribution in [2.24, 2.45) is 0 Å². The molecule has 0 aliphatic carbocycles. The van der Waals surface area contributed by atoms with E-state index < -0.39 is 17.8 Å². The molecule has 0 saturated carbocycles. The van der Waals surface area contributed by atoms with E-state index in [0.717, 1.165) is 4.90 Å². The van der Waals surface area contributed by atoms with Gasteiger partial charge in [0.15, 0.2) is 11.5 Å². The molecule has 0 spiro atoms. The second-order valence-corrected chi connectivity index (χ2v) is 7.08. The second kappa shape index (κ2) is 8.53. The highest BCUT2D eigenvalue weighted by Gasteiger charge is 2.34. The number of methoxy groups -OCH3 is 1. The second-order valence-electron chi connectivity index (χ2n) is 6.67. The minimum Gasteiger partial charge on any atom is -0.493 e. The lowest BCUT2D eigenvalue weighted by atomic mass is 10.1. The van der Waals surface area contributed by atoms with Gasteiger partial charge in [-0.25, -0.2) is 9.18 Å². The van der Waals surface area contributed by atoms with Gasteiger partial charge in [0.05, 0.1) is 24.8 Å². The third kappa shape index (κ3) is 4.51.